The number of rotatable bonds is 8. The topological polar surface area (TPSA) is 67.8 Å². The van der Waals surface area contributed by atoms with Crippen molar-refractivity contribution in [3.8, 4) is 11.3 Å². The molecular formula is C27H31FN4O3. The summed E-state index contributed by atoms with van der Waals surface area (Å²) in [6, 6.07) is 15.9. The van der Waals surface area contributed by atoms with Crippen LogP contribution in [0.25, 0.3) is 11.3 Å². The Bertz CT molecular complexity index is 1150. The molecule has 1 unspecified atom stereocenters. The number of ether oxygens (including phenoxy) is 2. The molecule has 3 aromatic rings. The van der Waals surface area contributed by atoms with Gasteiger partial charge in [0, 0.05) is 32.3 Å². The molecular weight excluding hydrogens is 447 g/mol. The van der Waals surface area contributed by atoms with E-state index in [-0.39, 0.29) is 17.5 Å². The molecule has 0 N–H and O–H groups in total. The Morgan fingerprint density at radius 1 is 1.11 bits per heavy atom. The van der Waals surface area contributed by atoms with E-state index in [4.69, 9.17) is 14.5 Å². The monoisotopic (exact) mass is 478 g/mol. The lowest BCUT2D eigenvalue weighted by Crippen LogP contribution is -2.42. The Hall–Kier alpha value is -3.36. The minimum Gasteiger partial charge on any atom is -0.383 e. The highest BCUT2D eigenvalue weighted by Crippen LogP contribution is 2.30. The SMILES string of the molecule is COCC(C)N(Cc1ccccc1)C(=O)c1c(C)nc(N2CCOCC2)nc1-c1ccccc1F. The van der Waals surface area contributed by atoms with Crippen LogP contribution >= 0.6 is 0 Å². The zero-order chi connectivity index (χ0) is 24.8. The van der Waals surface area contributed by atoms with Crippen LogP contribution in [0, 0.1) is 12.7 Å². The van der Waals surface area contributed by atoms with Gasteiger partial charge in [0.05, 0.1) is 42.8 Å². The summed E-state index contributed by atoms with van der Waals surface area (Å²) in [6.07, 6.45) is 0. The van der Waals surface area contributed by atoms with Crippen molar-refractivity contribution >= 4 is 11.9 Å². The summed E-state index contributed by atoms with van der Waals surface area (Å²) in [5.74, 6) is -0.227. The minimum absolute atomic E-state index is 0.223. The summed E-state index contributed by atoms with van der Waals surface area (Å²) in [4.78, 5) is 27.3. The first-order chi connectivity index (χ1) is 17.0. The molecule has 2 heterocycles. The van der Waals surface area contributed by atoms with Crippen LogP contribution in [0.4, 0.5) is 10.3 Å². The molecule has 184 valence electrons. The average molecular weight is 479 g/mol. The predicted molar refractivity (Wildman–Crippen MR) is 133 cm³/mol. The summed E-state index contributed by atoms with van der Waals surface area (Å²) in [5, 5.41) is 0. The Morgan fingerprint density at radius 3 is 2.49 bits per heavy atom. The number of hydrogen-bond acceptors (Lipinski definition) is 6. The van der Waals surface area contributed by atoms with Gasteiger partial charge >= 0.3 is 0 Å². The lowest BCUT2D eigenvalue weighted by molar-refractivity contribution is 0.0541. The number of benzene rings is 2. The van der Waals surface area contributed by atoms with Crippen molar-refractivity contribution < 1.29 is 18.7 Å². The molecule has 0 spiro atoms. The molecule has 1 aliphatic rings. The molecule has 1 saturated heterocycles. The number of anilines is 1. The fourth-order valence-electron chi connectivity index (χ4n) is 4.25. The van der Waals surface area contributed by atoms with E-state index in [9.17, 15) is 4.79 Å². The number of carbonyl (C=O) groups excluding carboxylic acids is 1. The van der Waals surface area contributed by atoms with E-state index in [1.54, 1.807) is 37.1 Å². The molecule has 1 aliphatic heterocycles. The Labute approximate surface area is 205 Å². The second kappa shape index (κ2) is 11.4. The van der Waals surface area contributed by atoms with Crippen molar-refractivity contribution in [1.29, 1.82) is 0 Å². The van der Waals surface area contributed by atoms with Gasteiger partial charge in [0.25, 0.3) is 5.91 Å². The average Bonchev–Trinajstić information content (AvgIpc) is 2.88. The highest BCUT2D eigenvalue weighted by atomic mass is 19.1. The number of amides is 1. The molecule has 0 bridgehead atoms. The van der Waals surface area contributed by atoms with Crippen LogP contribution in [-0.4, -0.2) is 66.8 Å². The number of hydrogen-bond donors (Lipinski definition) is 0. The van der Waals surface area contributed by atoms with Crippen LogP contribution in [0.2, 0.25) is 0 Å². The third-order valence-electron chi connectivity index (χ3n) is 6.11. The highest BCUT2D eigenvalue weighted by molar-refractivity contribution is 6.01. The van der Waals surface area contributed by atoms with Gasteiger partial charge in [0.1, 0.15) is 5.82 Å². The van der Waals surface area contributed by atoms with E-state index in [0.29, 0.717) is 62.4 Å². The quantitative estimate of drug-likeness (QED) is 0.486. The van der Waals surface area contributed by atoms with Gasteiger partial charge in [-0.25, -0.2) is 14.4 Å². The van der Waals surface area contributed by atoms with Gasteiger partial charge in [-0.3, -0.25) is 4.79 Å². The normalized spacial score (nSPS) is 14.6. The second-order valence-electron chi connectivity index (χ2n) is 8.63. The van der Waals surface area contributed by atoms with Gasteiger partial charge in [-0.05, 0) is 31.5 Å². The maximum atomic E-state index is 15.0. The van der Waals surface area contributed by atoms with Gasteiger partial charge in [-0.1, -0.05) is 42.5 Å². The van der Waals surface area contributed by atoms with Crippen molar-refractivity contribution in [1.82, 2.24) is 14.9 Å². The number of morpholine rings is 1. The predicted octanol–water partition coefficient (Wildman–Crippen LogP) is 4.11. The summed E-state index contributed by atoms with van der Waals surface area (Å²) >= 11 is 0. The summed E-state index contributed by atoms with van der Waals surface area (Å²) in [6.45, 7) is 6.86. The van der Waals surface area contributed by atoms with E-state index in [1.807, 2.05) is 42.2 Å². The van der Waals surface area contributed by atoms with E-state index < -0.39 is 5.82 Å². The second-order valence-corrected chi connectivity index (χ2v) is 8.63. The number of aromatic nitrogens is 2. The zero-order valence-corrected chi connectivity index (χ0v) is 20.4. The number of aryl methyl sites for hydroxylation is 1. The highest BCUT2D eigenvalue weighted by Gasteiger charge is 2.30. The maximum Gasteiger partial charge on any atom is 0.258 e. The van der Waals surface area contributed by atoms with Crippen LogP contribution in [0.5, 0.6) is 0 Å². The standard InChI is InChI=1S/C27H31FN4O3/c1-19(18-34-3)32(17-21-9-5-4-6-10-21)26(33)24-20(2)29-27(31-13-15-35-16-14-31)30-25(24)22-11-7-8-12-23(22)28/h4-12,19H,13-18H2,1-3H3. The zero-order valence-electron chi connectivity index (χ0n) is 20.4. The van der Waals surface area contributed by atoms with Crippen LogP contribution in [0.3, 0.4) is 0 Å². The molecule has 2 aromatic carbocycles. The molecule has 0 radical (unpaired) electrons. The van der Waals surface area contributed by atoms with Gasteiger partial charge < -0.3 is 19.3 Å². The van der Waals surface area contributed by atoms with Crippen molar-refractivity contribution in [2.75, 3.05) is 44.9 Å². The van der Waals surface area contributed by atoms with Crippen molar-refractivity contribution in [3.63, 3.8) is 0 Å². The largest absolute Gasteiger partial charge is 0.383 e. The fourth-order valence-corrected chi connectivity index (χ4v) is 4.25. The van der Waals surface area contributed by atoms with Crippen molar-refractivity contribution in [3.05, 3.63) is 77.2 Å². The van der Waals surface area contributed by atoms with Gasteiger partial charge in [-0.15, -0.1) is 0 Å². The summed E-state index contributed by atoms with van der Waals surface area (Å²) in [5.41, 5.74) is 2.36. The molecule has 1 atom stereocenters. The maximum absolute atomic E-state index is 15.0. The molecule has 1 amide bonds. The molecule has 1 aromatic heterocycles. The number of carbonyl (C=O) groups is 1. The first-order valence-electron chi connectivity index (χ1n) is 11.8. The van der Waals surface area contributed by atoms with E-state index >= 15 is 4.39 Å². The van der Waals surface area contributed by atoms with Crippen LogP contribution in [0.1, 0.15) is 28.5 Å². The van der Waals surface area contributed by atoms with Crippen LogP contribution in [-0.2, 0) is 16.0 Å². The van der Waals surface area contributed by atoms with Crippen LogP contribution in [0.15, 0.2) is 54.6 Å². The van der Waals surface area contributed by atoms with Gasteiger partial charge in [-0.2, -0.15) is 0 Å². The van der Waals surface area contributed by atoms with Crippen LogP contribution < -0.4 is 4.90 Å². The number of nitrogens with zero attached hydrogens (tertiary/aromatic N) is 4. The smallest absolute Gasteiger partial charge is 0.258 e. The summed E-state index contributed by atoms with van der Waals surface area (Å²) in [7, 11) is 1.61. The van der Waals surface area contributed by atoms with Gasteiger partial charge in [0.2, 0.25) is 5.95 Å². The Morgan fingerprint density at radius 2 is 1.80 bits per heavy atom. The Kier molecular flexibility index (Phi) is 8.05. The summed E-state index contributed by atoms with van der Waals surface area (Å²) < 4.78 is 25.8. The van der Waals surface area contributed by atoms with Crippen molar-refractivity contribution in [2.45, 2.75) is 26.4 Å². The first-order valence-corrected chi connectivity index (χ1v) is 11.8. The molecule has 35 heavy (non-hydrogen) atoms. The molecule has 4 rings (SSSR count). The van der Waals surface area contributed by atoms with E-state index in [0.717, 1.165) is 5.56 Å². The molecule has 8 heteroatoms. The third-order valence-corrected chi connectivity index (χ3v) is 6.11. The number of methoxy groups -OCH3 is 1. The fraction of sp³-hybridized carbons (Fsp3) is 0.370. The lowest BCUT2D eigenvalue weighted by Gasteiger charge is -2.31. The molecule has 7 nitrogen and oxygen atoms in total. The molecule has 1 fully saturated rings. The van der Waals surface area contributed by atoms with Crippen molar-refractivity contribution in [2.24, 2.45) is 0 Å². The molecule has 0 saturated carbocycles. The minimum atomic E-state index is -0.438. The number of halogens is 1. The first kappa shape index (κ1) is 24.8. The molecule has 0 aliphatic carbocycles. The Balaban J connectivity index is 1.82. The van der Waals surface area contributed by atoms with E-state index in [1.165, 1.54) is 6.07 Å². The van der Waals surface area contributed by atoms with Gasteiger partial charge in [0.15, 0.2) is 0 Å². The van der Waals surface area contributed by atoms with E-state index in [2.05, 4.69) is 4.98 Å². The third kappa shape index (κ3) is 5.66. The lowest BCUT2D eigenvalue weighted by atomic mass is 10.0.